The molecule has 0 bridgehead atoms. The molecule has 0 amide bonds. The van der Waals surface area contributed by atoms with E-state index in [1.807, 2.05) is 0 Å². The van der Waals surface area contributed by atoms with Crippen LogP contribution in [-0.4, -0.2) is 34.7 Å². The summed E-state index contributed by atoms with van der Waals surface area (Å²) in [6, 6.07) is 11.1. The van der Waals surface area contributed by atoms with Crippen LogP contribution in [0.4, 0.5) is 0 Å². The highest BCUT2D eigenvalue weighted by Gasteiger charge is 2.44. The van der Waals surface area contributed by atoms with Gasteiger partial charge in [-0.2, -0.15) is 0 Å². The number of hydrogen-bond donors (Lipinski definition) is 1. The predicted molar refractivity (Wildman–Crippen MR) is 96.0 cm³/mol. The molecule has 4 nitrogen and oxygen atoms in total. The van der Waals surface area contributed by atoms with Gasteiger partial charge in [-0.05, 0) is 43.3 Å². The topological polar surface area (TPSA) is 49.8 Å². The fourth-order valence-corrected chi connectivity index (χ4v) is 4.01. The largest absolute Gasteiger partial charge is 0.478 e. The van der Waals surface area contributed by atoms with E-state index >= 15 is 0 Å². The summed E-state index contributed by atoms with van der Waals surface area (Å²) in [4.78, 5) is 16.8. The molecule has 1 aliphatic rings. The smallest absolute Gasteiger partial charge is 0.348 e. The third-order valence-electron chi connectivity index (χ3n) is 4.36. The zero-order chi connectivity index (χ0) is 17.2. The van der Waals surface area contributed by atoms with Crippen LogP contribution in [0.25, 0.3) is 0 Å². The number of piperidine rings is 1. The molecule has 3 rings (SSSR count). The van der Waals surface area contributed by atoms with Crippen molar-refractivity contribution in [3.8, 4) is 5.75 Å². The molecule has 1 saturated heterocycles. The number of aliphatic carboxylic acids is 1. The number of aryl methyl sites for hydroxylation is 1. The van der Waals surface area contributed by atoms with Crippen molar-refractivity contribution in [2.75, 3.05) is 13.1 Å². The van der Waals surface area contributed by atoms with E-state index in [-0.39, 0.29) is 0 Å². The van der Waals surface area contributed by atoms with E-state index in [1.54, 1.807) is 35.6 Å². The molecule has 0 saturated carbocycles. The van der Waals surface area contributed by atoms with Crippen LogP contribution in [0.15, 0.2) is 36.4 Å². The molecule has 0 spiro atoms. The second-order valence-corrected chi connectivity index (χ2v) is 7.95. The van der Waals surface area contributed by atoms with Crippen molar-refractivity contribution in [2.24, 2.45) is 0 Å². The molecule has 0 unspecified atom stereocenters. The van der Waals surface area contributed by atoms with Crippen LogP contribution in [-0.2, 0) is 11.3 Å². The van der Waals surface area contributed by atoms with Crippen LogP contribution in [0.3, 0.4) is 0 Å². The summed E-state index contributed by atoms with van der Waals surface area (Å²) < 4.78 is 5.88. The van der Waals surface area contributed by atoms with Gasteiger partial charge in [-0.3, -0.25) is 4.90 Å². The van der Waals surface area contributed by atoms with Gasteiger partial charge in [0.05, 0.1) is 0 Å². The fraction of sp³-hybridized carbons (Fsp3) is 0.389. The van der Waals surface area contributed by atoms with Crippen LogP contribution >= 0.6 is 22.9 Å². The number of rotatable bonds is 5. The Labute approximate surface area is 150 Å². The highest BCUT2D eigenvalue weighted by Crippen LogP contribution is 2.31. The number of halogens is 1. The maximum absolute atomic E-state index is 11.8. The van der Waals surface area contributed by atoms with Crippen LogP contribution in [0.2, 0.25) is 5.02 Å². The number of carbonyl (C=O) groups is 1. The summed E-state index contributed by atoms with van der Waals surface area (Å²) in [5.74, 6) is -0.354. The summed E-state index contributed by atoms with van der Waals surface area (Å²) >= 11 is 7.66. The first-order chi connectivity index (χ1) is 11.5. The number of ether oxygens (including phenoxy) is 1. The summed E-state index contributed by atoms with van der Waals surface area (Å²) in [6.07, 6.45) is 0.935. The van der Waals surface area contributed by atoms with Crippen molar-refractivity contribution >= 4 is 28.9 Å². The molecular weight excluding hydrogens is 346 g/mol. The third-order valence-corrected chi connectivity index (χ3v) is 5.59. The maximum atomic E-state index is 11.8. The minimum absolute atomic E-state index is 0.468. The maximum Gasteiger partial charge on any atom is 0.348 e. The van der Waals surface area contributed by atoms with E-state index in [4.69, 9.17) is 16.3 Å². The van der Waals surface area contributed by atoms with Gasteiger partial charge in [0.2, 0.25) is 5.60 Å². The Morgan fingerprint density at radius 1 is 1.25 bits per heavy atom. The van der Waals surface area contributed by atoms with Gasteiger partial charge in [-0.25, -0.2) is 4.79 Å². The number of hydrogen-bond acceptors (Lipinski definition) is 4. The normalized spacial score (nSPS) is 17.6. The molecule has 2 heterocycles. The number of likely N-dealkylation sites (tertiary alicyclic amines) is 1. The van der Waals surface area contributed by atoms with Gasteiger partial charge in [-0.15, -0.1) is 11.3 Å². The molecule has 1 aromatic carbocycles. The fourth-order valence-electron chi connectivity index (χ4n) is 2.95. The summed E-state index contributed by atoms with van der Waals surface area (Å²) in [7, 11) is 0. The van der Waals surface area contributed by atoms with Crippen molar-refractivity contribution in [3.63, 3.8) is 0 Å². The van der Waals surface area contributed by atoms with Gasteiger partial charge in [-0.1, -0.05) is 11.6 Å². The van der Waals surface area contributed by atoms with Gasteiger partial charge in [0, 0.05) is 47.3 Å². The van der Waals surface area contributed by atoms with E-state index in [1.165, 1.54) is 9.75 Å². The molecule has 6 heteroatoms. The number of nitrogens with zero attached hydrogens (tertiary/aromatic N) is 1. The lowest BCUT2D eigenvalue weighted by atomic mass is 9.91. The molecule has 1 N–H and O–H groups in total. The van der Waals surface area contributed by atoms with E-state index in [0.717, 1.165) is 6.54 Å². The Kier molecular flexibility index (Phi) is 5.13. The summed E-state index contributed by atoms with van der Waals surface area (Å²) in [5.41, 5.74) is -1.16. The highest BCUT2D eigenvalue weighted by atomic mass is 35.5. The monoisotopic (exact) mass is 365 g/mol. The van der Waals surface area contributed by atoms with Crippen molar-refractivity contribution in [1.29, 1.82) is 0 Å². The Hall–Kier alpha value is -1.56. The molecular formula is C18H20ClNO3S. The van der Waals surface area contributed by atoms with E-state index in [2.05, 4.69) is 24.0 Å². The van der Waals surface area contributed by atoms with Gasteiger partial charge in [0.25, 0.3) is 0 Å². The van der Waals surface area contributed by atoms with Gasteiger partial charge < -0.3 is 9.84 Å². The standard InChI is InChI=1S/C18H20ClNO3S/c1-13-2-7-16(24-13)12-20-10-8-18(9-11-20,17(21)22)23-15-5-3-14(19)4-6-15/h2-7H,8-12H2,1H3,(H,21,22). The molecule has 0 radical (unpaired) electrons. The average molecular weight is 366 g/mol. The van der Waals surface area contributed by atoms with Crippen molar-refractivity contribution < 1.29 is 14.6 Å². The minimum atomic E-state index is -1.16. The Morgan fingerprint density at radius 3 is 2.46 bits per heavy atom. The number of benzene rings is 1. The summed E-state index contributed by atoms with van der Waals surface area (Å²) in [5, 5.41) is 10.3. The predicted octanol–water partition coefficient (Wildman–Crippen LogP) is 4.21. The number of carboxylic acids is 1. The first-order valence-electron chi connectivity index (χ1n) is 7.92. The third kappa shape index (κ3) is 3.91. The van der Waals surface area contributed by atoms with Crippen molar-refractivity contribution in [2.45, 2.75) is 31.9 Å². The van der Waals surface area contributed by atoms with Gasteiger partial charge in [0.15, 0.2) is 0 Å². The summed E-state index contributed by atoms with van der Waals surface area (Å²) in [6.45, 7) is 4.38. The zero-order valence-corrected chi connectivity index (χ0v) is 15.1. The van der Waals surface area contributed by atoms with E-state index in [9.17, 15) is 9.90 Å². The van der Waals surface area contributed by atoms with Gasteiger partial charge >= 0.3 is 5.97 Å². The molecule has 0 aliphatic carbocycles. The van der Waals surface area contributed by atoms with E-state index in [0.29, 0.717) is 36.7 Å². The molecule has 1 fully saturated rings. The van der Waals surface area contributed by atoms with Crippen LogP contribution in [0.1, 0.15) is 22.6 Å². The molecule has 0 atom stereocenters. The lowest BCUT2D eigenvalue weighted by molar-refractivity contribution is -0.159. The molecule has 128 valence electrons. The van der Waals surface area contributed by atoms with E-state index < -0.39 is 11.6 Å². The van der Waals surface area contributed by atoms with Crippen molar-refractivity contribution in [1.82, 2.24) is 4.90 Å². The van der Waals surface area contributed by atoms with Crippen LogP contribution in [0.5, 0.6) is 5.75 Å². The second-order valence-electron chi connectivity index (χ2n) is 6.14. The molecule has 24 heavy (non-hydrogen) atoms. The SMILES string of the molecule is Cc1ccc(CN2CCC(Oc3ccc(Cl)cc3)(C(=O)O)CC2)s1. The van der Waals surface area contributed by atoms with Gasteiger partial charge in [0.1, 0.15) is 5.75 Å². The van der Waals surface area contributed by atoms with Crippen LogP contribution < -0.4 is 4.74 Å². The van der Waals surface area contributed by atoms with Crippen molar-refractivity contribution in [3.05, 3.63) is 51.2 Å². The Bertz CT molecular complexity index is 705. The first kappa shape index (κ1) is 17.3. The second kappa shape index (κ2) is 7.13. The average Bonchev–Trinajstić information content (AvgIpc) is 2.96. The Balaban J connectivity index is 1.65. The Morgan fingerprint density at radius 2 is 1.92 bits per heavy atom. The van der Waals surface area contributed by atoms with Crippen LogP contribution in [0, 0.1) is 6.92 Å². The lowest BCUT2D eigenvalue weighted by Gasteiger charge is -2.38. The minimum Gasteiger partial charge on any atom is -0.478 e. The molecule has 1 aromatic heterocycles. The first-order valence-corrected chi connectivity index (χ1v) is 9.12. The lowest BCUT2D eigenvalue weighted by Crippen LogP contribution is -2.53. The quantitative estimate of drug-likeness (QED) is 0.862. The zero-order valence-electron chi connectivity index (χ0n) is 13.5. The molecule has 2 aromatic rings. The number of carboxylic acid groups (broad SMARTS) is 1. The molecule has 1 aliphatic heterocycles. The highest BCUT2D eigenvalue weighted by molar-refractivity contribution is 7.11. The number of thiophene rings is 1.